The lowest BCUT2D eigenvalue weighted by Crippen LogP contribution is -2.36. The zero-order chi connectivity index (χ0) is 24.6. The average molecular weight is 483 g/mol. The van der Waals surface area contributed by atoms with Crippen LogP contribution in [0.25, 0.3) is 0 Å². The maximum Gasteiger partial charge on any atom is 0.241 e. The Morgan fingerprint density at radius 1 is 1.18 bits per heavy atom. The highest BCUT2D eigenvalue weighted by molar-refractivity contribution is 6.30. The molecule has 1 aliphatic rings. The minimum Gasteiger partial charge on any atom is -0.325 e. The lowest BCUT2D eigenvalue weighted by Gasteiger charge is -2.21. The molecule has 2 N–H and O–H groups in total. The molecule has 0 spiro atoms. The molecule has 34 heavy (non-hydrogen) atoms. The molecule has 2 heterocycles. The smallest absolute Gasteiger partial charge is 0.241 e. The van der Waals surface area contributed by atoms with Gasteiger partial charge in [-0.05, 0) is 74.6 Å². The van der Waals surface area contributed by atoms with Crippen LogP contribution >= 0.6 is 11.6 Å². The summed E-state index contributed by atoms with van der Waals surface area (Å²) < 4.78 is 16.2. The van der Waals surface area contributed by atoms with Crippen molar-refractivity contribution < 1.29 is 9.18 Å². The van der Waals surface area contributed by atoms with E-state index in [9.17, 15) is 9.18 Å². The number of hydrogen-bond donors (Lipinski definition) is 2. The van der Waals surface area contributed by atoms with E-state index in [0.29, 0.717) is 12.3 Å². The number of carbonyl (C=O) groups excluding carboxylic acids is 1. The van der Waals surface area contributed by atoms with E-state index in [1.54, 1.807) is 6.07 Å². The van der Waals surface area contributed by atoms with Gasteiger partial charge in [-0.15, -0.1) is 0 Å². The van der Waals surface area contributed by atoms with Crippen LogP contribution in [0.3, 0.4) is 0 Å². The highest BCUT2D eigenvalue weighted by Crippen LogP contribution is 2.41. The molecule has 0 unspecified atom stereocenters. The Morgan fingerprint density at radius 3 is 2.47 bits per heavy atom. The van der Waals surface area contributed by atoms with Gasteiger partial charge >= 0.3 is 0 Å². The fourth-order valence-electron chi connectivity index (χ4n) is 4.39. The third-order valence-electron chi connectivity index (χ3n) is 6.41. The third kappa shape index (κ3) is 5.18. The molecule has 0 radical (unpaired) electrons. The quantitative estimate of drug-likeness (QED) is 0.443. The van der Waals surface area contributed by atoms with E-state index in [1.807, 2.05) is 47.3 Å². The number of benzene rings is 2. The van der Waals surface area contributed by atoms with Gasteiger partial charge in [-0.25, -0.2) is 4.39 Å². The Bertz CT molecular complexity index is 1170. The molecule has 7 heteroatoms. The number of aromatic nitrogens is 2. The van der Waals surface area contributed by atoms with Gasteiger partial charge in [0.1, 0.15) is 5.82 Å². The molecule has 4 rings (SSSR count). The van der Waals surface area contributed by atoms with Gasteiger partial charge in [0.15, 0.2) is 0 Å². The molecule has 3 atom stereocenters. The second kappa shape index (κ2) is 9.51. The highest BCUT2D eigenvalue weighted by Gasteiger charge is 2.40. The first kappa shape index (κ1) is 24.4. The van der Waals surface area contributed by atoms with E-state index in [0.717, 1.165) is 16.9 Å². The van der Waals surface area contributed by atoms with Gasteiger partial charge in [0.25, 0.3) is 0 Å². The fourth-order valence-corrected chi connectivity index (χ4v) is 4.51. The van der Waals surface area contributed by atoms with Crippen LogP contribution in [0.1, 0.15) is 75.7 Å². The first-order chi connectivity index (χ1) is 16.0. The monoisotopic (exact) mass is 482 g/mol. The van der Waals surface area contributed by atoms with Crippen LogP contribution in [0.2, 0.25) is 5.02 Å². The first-order valence-electron chi connectivity index (χ1n) is 11.7. The molecule has 0 saturated carbocycles. The summed E-state index contributed by atoms with van der Waals surface area (Å²) in [5, 5.41) is 11.3. The van der Waals surface area contributed by atoms with Gasteiger partial charge < -0.3 is 5.32 Å². The van der Waals surface area contributed by atoms with Crippen molar-refractivity contribution in [2.45, 2.75) is 70.5 Å². The normalized spacial score (nSPS) is 20.6. The molecule has 1 aliphatic heterocycles. The molecule has 1 aromatic heterocycles. The van der Waals surface area contributed by atoms with E-state index >= 15 is 0 Å². The number of nitrogens with one attached hydrogen (secondary N) is 2. The topological polar surface area (TPSA) is 59.0 Å². The van der Waals surface area contributed by atoms with Crippen LogP contribution in [-0.4, -0.2) is 21.7 Å². The first-order valence-corrected chi connectivity index (χ1v) is 12.1. The third-order valence-corrected chi connectivity index (χ3v) is 6.72. The van der Waals surface area contributed by atoms with E-state index in [2.05, 4.69) is 45.3 Å². The summed E-state index contributed by atoms with van der Waals surface area (Å²) in [6, 6.07) is 14.0. The van der Waals surface area contributed by atoms with E-state index in [1.165, 1.54) is 11.6 Å². The molecular formula is C27H32ClFN4O. The van der Waals surface area contributed by atoms with Crippen molar-refractivity contribution in [3.63, 3.8) is 0 Å². The largest absolute Gasteiger partial charge is 0.325 e. The molecular weight excluding hydrogens is 451 g/mol. The zero-order valence-corrected chi connectivity index (χ0v) is 21.0. The van der Waals surface area contributed by atoms with Crippen molar-refractivity contribution >= 4 is 23.2 Å². The molecule has 0 aliphatic carbocycles. The minimum atomic E-state index is -0.474. The SMILES string of the molecule is CC(C)c1ccc(NC(=O)[C@@H]2C[C@@H](c3ccn(C(C)(C)C)n3)[C@H](c3ccc(Cl)c(F)c3)N2)cc1. The molecule has 1 saturated heterocycles. The molecule has 1 fully saturated rings. The van der Waals surface area contributed by atoms with Gasteiger partial charge in [-0.2, -0.15) is 5.10 Å². The van der Waals surface area contributed by atoms with Gasteiger partial charge in [0.05, 0.1) is 22.3 Å². The number of hydrogen-bond acceptors (Lipinski definition) is 3. The molecule has 1 amide bonds. The molecule has 3 aromatic rings. The summed E-state index contributed by atoms with van der Waals surface area (Å²) in [5.41, 5.74) is 3.43. The zero-order valence-electron chi connectivity index (χ0n) is 20.3. The summed E-state index contributed by atoms with van der Waals surface area (Å²) in [5.74, 6) is -0.258. The molecule has 0 bridgehead atoms. The van der Waals surface area contributed by atoms with Gasteiger partial charge in [-0.3, -0.25) is 14.8 Å². The van der Waals surface area contributed by atoms with Crippen LogP contribution in [0.15, 0.2) is 54.7 Å². The number of rotatable bonds is 5. The van der Waals surface area contributed by atoms with Crippen LogP contribution < -0.4 is 10.6 Å². The number of amides is 1. The van der Waals surface area contributed by atoms with Crippen LogP contribution in [0, 0.1) is 5.82 Å². The number of carbonyl (C=O) groups is 1. The predicted molar refractivity (Wildman–Crippen MR) is 135 cm³/mol. The van der Waals surface area contributed by atoms with Crippen LogP contribution in [0.4, 0.5) is 10.1 Å². The van der Waals surface area contributed by atoms with Crippen molar-refractivity contribution in [1.29, 1.82) is 0 Å². The standard InChI is InChI=1S/C27H32ClFN4O/c1-16(2)17-6-9-19(10-7-17)30-26(34)24-15-20(23-12-13-33(32-23)27(3,4)5)25(31-24)18-8-11-21(28)22(29)14-18/h6-14,16,20,24-25,31H,15H2,1-5H3,(H,30,34)/t20-,24-,25-/m0/s1. The summed E-state index contributed by atoms with van der Waals surface area (Å²) in [6.45, 7) is 10.5. The molecule has 180 valence electrons. The summed E-state index contributed by atoms with van der Waals surface area (Å²) in [4.78, 5) is 13.2. The Labute approximate surface area is 205 Å². The van der Waals surface area contributed by atoms with E-state index in [4.69, 9.17) is 16.7 Å². The van der Waals surface area contributed by atoms with Crippen molar-refractivity contribution in [3.05, 3.63) is 82.4 Å². The molecule has 5 nitrogen and oxygen atoms in total. The highest BCUT2D eigenvalue weighted by atomic mass is 35.5. The number of nitrogens with zero attached hydrogens (tertiary/aromatic N) is 2. The van der Waals surface area contributed by atoms with Crippen molar-refractivity contribution in [2.75, 3.05) is 5.32 Å². The van der Waals surface area contributed by atoms with Gasteiger partial charge in [-0.1, -0.05) is 43.6 Å². The summed E-state index contributed by atoms with van der Waals surface area (Å²) in [7, 11) is 0. The second-order valence-electron chi connectivity index (χ2n) is 10.3. The number of anilines is 1. The van der Waals surface area contributed by atoms with E-state index in [-0.39, 0.29) is 28.4 Å². The Kier molecular flexibility index (Phi) is 6.83. The fraction of sp³-hybridized carbons (Fsp3) is 0.407. The lowest BCUT2D eigenvalue weighted by atomic mass is 9.90. The Balaban J connectivity index is 1.59. The minimum absolute atomic E-state index is 0.0782. The lowest BCUT2D eigenvalue weighted by molar-refractivity contribution is -0.117. The molecule has 2 aromatic carbocycles. The van der Waals surface area contributed by atoms with Gasteiger partial charge in [0.2, 0.25) is 5.91 Å². The van der Waals surface area contributed by atoms with E-state index < -0.39 is 11.9 Å². The van der Waals surface area contributed by atoms with Crippen molar-refractivity contribution in [3.8, 4) is 0 Å². The second-order valence-corrected chi connectivity index (χ2v) is 10.7. The van der Waals surface area contributed by atoms with Gasteiger partial charge in [0, 0.05) is 23.8 Å². The Hall–Kier alpha value is -2.70. The predicted octanol–water partition coefficient (Wildman–Crippen LogP) is 6.38. The summed E-state index contributed by atoms with van der Waals surface area (Å²) in [6.07, 6.45) is 2.50. The maximum atomic E-state index is 14.3. The summed E-state index contributed by atoms with van der Waals surface area (Å²) >= 11 is 5.92. The van der Waals surface area contributed by atoms with Crippen molar-refractivity contribution in [1.82, 2.24) is 15.1 Å². The van der Waals surface area contributed by atoms with Crippen molar-refractivity contribution in [2.24, 2.45) is 0 Å². The Morgan fingerprint density at radius 2 is 1.88 bits per heavy atom. The van der Waals surface area contributed by atoms with Crippen LogP contribution in [0.5, 0.6) is 0 Å². The maximum absolute atomic E-state index is 14.3. The number of halogens is 2. The average Bonchev–Trinajstić information content (AvgIpc) is 3.43. The van der Waals surface area contributed by atoms with Crippen LogP contribution in [-0.2, 0) is 10.3 Å².